The summed E-state index contributed by atoms with van der Waals surface area (Å²) >= 11 is 1.72. The summed E-state index contributed by atoms with van der Waals surface area (Å²) in [5.41, 5.74) is 1.17. The number of amides is 1. The van der Waals surface area contributed by atoms with E-state index in [1.807, 2.05) is 49.4 Å². The maximum Gasteiger partial charge on any atom is 0.260 e. The van der Waals surface area contributed by atoms with Crippen LogP contribution in [0.1, 0.15) is 12.5 Å². The summed E-state index contributed by atoms with van der Waals surface area (Å²) < 4.78 is 5.63. The second-order valence-electron chi connectivity index (χ2n) is 5.03. The third-order valence-corrected chi connectivity index (χ3v) is 4.13. The first-order valence-corrected chi connectivity index (χ1v) is 8.32. The number of hydrogen-bond donors (Lipinski definition) is 1. The maximum atomic E-state index is 12.0. The van der Waals surface area contributed by atoms with Gasteiger partial charge < -0.3 is 10.1 Å². The van der Waals surface area contributed by atoms with Gasteiger partial charge in [0.25, 0.3) is 5.91 Å². The lowest BCUT2D eigenvalue weighted by Gasteiger charge is -2.14. The molecule has 0 heterocycles. The van der Waals surface area contributed by atoms with E-state index in [0.29, 0.717) is 12.3 Å². The lowest BCUT2D eigenvalue weighted by Crippen LogP contribution is -2.37. The van der Waals surface area contributed by atoms with Crippen molar-refractivity contribution < 1.29 is 9.53 Å². The molecule has 2 aromatic rings. The molecule has 3 nitrogen and oxygen atoms in total. The summed E-state index contributed by atoms with van der Waals surface area (Å²) in [7, 11) is 0. The SMILES string of the molecule is Cc1ccc(O[C@H](C)C(=O)NCCSc2ccccc2)cc1. The van der Waals surface area contributed by atoms with Crippen molar-refractivity contribution in [2.75, 3.05) is 12.3 Å². The van der Waals surface area contributed by atoms with E-state index in [-0.39, 0.29) is 5.91 Å². The highest BCUT2D eigenvalue weighted by molar-refractivity contribution is 7.99. The number of carbonyl (C=O) groups is 1. The third-order valence-electron chi connectivity index (χ3n) is 3.12. The molecule has 0 saturated heterocycles. The van der Waals surface area contributed by atoms with E-state index in [1.54, 1.807) is 18.7 Å². The molecular formula is C18H21NO2S. The molecule has 4 heteroatoms. The molecule has 0 aliphatic heterocycles. The van der Waals surface area contributed by atoms with E-state index in [9.17, 15) is 4.79 Å². The number of hydrogen-bond acceptors (Lipinski definition) is 3. The zero-order valence-electron chi connectivity index (χ0n) is 12.9. The average molecular weight is 315 g/mol. The molecule has 0 unspecified atom stereocenters. The molecule has 1 atom stereocenters. The van der Waals surface area contributed by atoms with Crippen molar-refractivity contribution in [3.63, 3.8) is 0 Å². The fourth-order valence-electron chi connectivity index (χ4n) is 1.88. The monoisotopic (exact) mass is 315 g/mol. The van der Waals surface area contributed by atoms with Crippen molar-refractivity contribution in [3.8, 4) is 5.75 Å². The fourth-order valence-corrected chi connectivity index (χ4v) is 2.67. The first-order valence-electron chi connectivity index (χ1n) is 7.34. The molecule has 0 aromatic heterocycles. The van der Waals surface area contributed by atoms with Gasteiger partial charge in [0.2, 0.25) is 0 Å². The Bertz CT molecular complexity index is 584. The van der Waals surface area contributed by atoms with Crippen molar-refractivity contribution in [2.45, 2.75) is 24.8 Å². The summed E-state index contributed by atoms with van der Waals surface area (Å²) in [6, 6.07) is 17.8. The summed E-state index contributed by atoms with van der Waals surface area (Å²) in [6.07, 6.45) is -0.496. The third kappa shape index (κ3) is 5.45. The van der Waals surface area contributed by atoms with Gasteiger partial charge in [-0.25, -0.2) is 0 Å². The number of carbonyl (C=O) groups excluding carboxylic acids is 1. The van der Waals surface area contributed by atoms with Crippen LogP contribution in [0, 0.1) is 6.92 Å². The first kappa shape index (κ1) is 16.4. The average Bonchev–Trinajstić information content (AvgIpc) is 2.54. The Morgan fingerprint density at radius 3 is 2.50 bits per heavy atom. The Balaban J connectivity index is 1.69. The highest BCUT2D eigenvalue weighted by Crippen LogP contribution is 2.16. The largest absolute Gasteiger partial charge is 0.481 e. The van der Waals surface area contributed by atoms with E-state index < -0.39 is 6.10 Å². The number of thioether (sulfide) groups is 1. The zero-order valence-corrected chi connectivity index (χ0v) is 13.7. The van der Waals surface area contributed by atoms with Crippen LogP contribution in [0.3, 0.4) is 0 Å². The van der Waals surface area contributed by atoms with Crippen molar-refractivity contribution in [2.24, 2.45) is 0 Å². The minimum atomic E-state index is -0.496. The van der Waals surface area contributed by atoms with Crippen LogP contribution in [-0.4, -0.2) is 24.3 Å². The molecule has 0 radical (unpaired) electrons. The fraction of sp³-hybridized carbons (Fsp3) is 0.278. The van der Waals surface area contributed by atoms with Gasteiger partial charge in [0.05, 0.1) is 0 Å². The van der Waals surface area contributed by atoms with Gasteiger partial charge in [-0.1, -0.05) is 35.9 Å². The summed E-state index contributed by atoms with van der Waals surface area (Å²) in [5.74, 6) is 1.47. The highest BCUT2D eigenvalue weighted by atomic mass is 32.2. The smallest absolute Gasteiger partial charge is 0.260 e. The molecule has 0 aliphatic rings. The molecule has 116 valence electrons. The molecule has 2 rings (SSSR count). The van der Waals surface area contributed by atoms with E-state index in [2.05, 4.69) is 17.4 Å². The summed E-state index contributed by atoms with van der Waals surface area (Å²) in [4.78, 5) is 13.2. The normalized spacial score (nSPS) is 11.7. The van der Waals surface area contributed by atoms with Crippen LogP contribution in [0.4, 0.5) is 0 Å². The Kier molecular flexibility index (Phi) is 6.34. The first-order chi connectivity index (χ1) is 10.6. The van der Waals surface area contributed by atoms with Gasteiger partial charge >= 0.3 is 0 Å². The van der Waals surface area contributed by atoms with Gasteiger partial charge in [0, 0.05) is 17.2 Å². The molecular weight excluding hydrogens is 294 g/mol. The van der Waals surface area contributed by atoms with Gasteiger partial charge in [-0.2, -0.15) is 0 Å². The van der Waals surface area contributed by atoms with Crippen molar-refractivity contribution in [3.05, 3.63) is 60.2 Å². The van der Waals surface area contributed by atoms with Gasteiger partial charge in [-0.15, -0.1) is 11.8 Å². The highest BCUT2D eigenvalue weighted by Gasteiger charge is 2.13. The van der Waals surface area contributed by atoms with E-state index >= 15 is 0 Å². The lowest BCUT2D eigenvalue weighted by molar-refractivity contribution is -0.127. The van der Waals surface area contributed by atoms with Crippen LogP contribution in [0.15, 0.2) is 59.5 Å². The van der Waals surface area contributed by atoms with Crippen LogP contribution >= 0.6 is 11.8 Å². The Hall–Kier alpha value is -1.94. The summed E-state index contributed by atoms with van der Waals surface area (Å²) in [5, 5.41) is 2.90. The predicted molar refractivity (Wildman–Crippen MR) is 91.4 cm³/mol. The summed E-state index contributed by atoms with van der Waals surface area (Å²) in [6.45, 7) is 4.41. The molecule has 0 aliphatic carbocycles. The van der Waals surface area contributed by atoms with Gasteiger partial charge in [-0.05, 0) is 38.1 Å². The number of rotatable bonds is 7. The van der Waals surface area contributed by atoms with Crippen molar-refractivity contribution >= 4 is 17.7 Å². The van der Waals surface area contributed by atoms with Gasteiger partial charge in [-0.3, -0.25) is 4.79 Å². The van der Waals surface area contributed by atoms with E-state index in [0.717, 1.165) is 5.75 Å². The number of ether oxygens (including phenoxy) is 1. The van der Waals surface area contributed by atoms with E-state index in [4.69, 9.17) is 4.74 Å². The lowest BCUT2D eigenvalue weighted by atomic mass is 10.2. The van der Waals surface area contributed by atoms with E-state index in [1.165, 1.54) is 10.5 Å². The van der Waals surface area contributed by atoms with Crippen LogP contribution in [0.5, 0.6) is 5.75 Å². The second-order valence-corrected chi connectivity index (χ2v) is 6.19. The standard InChI is InChI=1S/C18H21NO2S/c1-14-8-10-16(11-9-14)21-15(2)18(20)19-12-13-22-17-6-4-3-5-7-17/h3-11,15H,12-13H2,1-2H3,(H,19,20)/t15-/m1/s1. The molecule has 0 spiro atoms. The molecule has 1 N–H and O–H groups in total. The van der Waals surface area contributed by atoms with Gasteiger partial charge in [0.1, 0.15) is 5.75 Å². The molecule has 0 bridgehead atoms. The zero-order chi connectivity index (χ0) is 15.8. The molecule has 0 fully saturated rings. The van der Waals surface area contributed by atoms with Crippen molar-refractivity contribution in [1.29, 1.82) is 0 Å². The minimum Gasteiger partial charge on any atom is -0.481 e. The Labute approximate surface area is 136 Å². The number of nitrogens with one attached hydrogen (secondary N) is 1. The van der Waals surface area contributed by atoms with Crippen molar-refractivity contribution in [1.82, 2.24) is 5.32 Å². The van der Waals surface area contributed by atoms with Crippen LogP contribution in [-0.2, 0) is 4.79 Å². The maximum absolute atomic E-state index is 12.0. The molecule has 2 aromatic carbocycles. The quantitative estimate of drug-likeness (QED) is 0.626. The van der Waals surface area contributed by atoms with Crippen LogP contribution in [0.25, 0.3) is 0 Å². The predicted octanol–water partition coefficient (Wildman–Crippen LogP) is 3.67. The minimum absolute atomic E-state index is 0.0887. The second kappa shape index (κ2) is 8.49. The topological polar surface area (TPSA) is 38.3 Å². The van der Waals surface area contributed by atoms with Gasteiger partial charge in [0.15, 0.2) is 6.10 Å². The van der Waals surface area contributed by atoms with Crippen LogP contribution in [0.2, 0.25) is 0 Å². The Morgan fingerprint density at radius 1 is 1.14 bits per heavy atom. The Morgan fingerprint density at radius 2 is 1.82 bits per heavy atom. The number of benzene rings is 2. The molecule has 1 amide bonds. The molecule has 0 saturated carbocycles. The van der Waals surface area contributed by atoms with Crippen LogP contribution < -0.4 is 10.1 Å². The number of aryl methyl sites for hydroxylation is 1. The molecule has 22 heavy (non-hydrogen) atoms.